The number of hydrogen-bond acceptors (Lipinski definition) is 6. The maximum atomic E-state index is 13.7. The minimum Gasteiger partial charge on any atom is -0.489 e. The second-order valence-electron chi connectivity index (χ2n) is 8.49. The number of halogens is 3. The van der Waals surface area contributed by atoms with Crippen LogP contribution in [0.4, 0.5) is 13.2 Å². The van der Waals surface area contributed by atoms with Crippen LogP contribution in [0.15, 0.2) is 65.3 Å². The maximum Gasteiger partial charge on any atom is 0.420 e. The van der Waals surface area contributed by atoms with Gasteiger partial charge in [0.15, 0.2) is 0 Å². The summed E-state index contributed by atoms with van der Waals surface area (Å²) in [5, 5.41) is -0.0655. The largest absolute Gasteiger partial charge is 0.489 e. The minimum atomic E-state index is -4.59. The third-order valence-electron chi connectivity index (χ3n) is 5.91. The van der Waals surface area contributed by atoms with Crippen LogP contribution in [0.1, 0.15) is 34.7 Å². The van der Waals surface area contributed by atoms with Crippen LogP contribution in [0.5, 0.6) is 5.75 Å². The summed E-state index contributed by atoms with van der Waals surface area (Å²) in [5.74, 6) is -0.00410. The lowest BCUT2D eigenvalue weighted by Crippen LogP contribution is -2.10. The van der Waals surface area contributed by atoms with Crippen molar-refractivity contribution in [2.24, 2.45) is 11.5 Å². The Bertz CT molecular complexity index is 1410. The number of alkyl halides is 3. The summed E-state index contributed by atoms with van der Waals surface area (Å²) < 4.78 is 57.7. The highest BCUT2D eigenvalue weighted by Gasteiger charge is 2.35. The number of fused-ring (bicyclic) bond motifs is 1. The zero-order chi connectivity index (χ0) is 26.6. The molecule has 1 aromatic heterocycles. The van der Waals surface area contributed by atoms with Crippen molar-refractivity contribution >= 4 is 16.9 Å². The molecule has 0 spiro atoms. The summed E-state index contributed by atoms with van der Waals surface area (Å²) in [7, 11) is 0. The van der Waals surface area contributed by atoms with E-state index in [2.05, 4.69) is 0 Å². The molecule has 0 saturated carbocycles. The molecule has 3 aromatic carbocycles. The summed E-state index contributed by atoms with van der Waals surface area (Å²) in [6.07, 6.45) is -3.87. The molecule has 6 nitrogen and oxygen atoms in total. The first-order valence-electron chi connectivity index (χ1n) is 11.7. The Labute approximate surface area is 212 Å². The average Bonchev–Trinajstić information content (AvgIpc) is 3.32. The molecule has 1 heterocycles. The Morgan fingerprint density at radius 2 is 1.73 bits per heavy atom. The molecule has 4 N–H and O–H groups in total. The number of benzene rings is 3. The van der Waals surface area contributed by atoms with Crippen molar-refractivity contribution in [3.05, 3.63) is 88.7 Å². The van der Waals surface area contributed by atoms with Gasteiger partial charge in [0, 0.05) is 29.6 Å². The van der Waals surface area contributed by atoms with E-state index in [1.807, 2.05) is 12.1 Å². The molecule has 0 atom stereocenters. The minimum absolute atomic E-state index is 0.00978. The van der Waals surface area contributed by atoms with E-state index in [1.165, 1.54) is 6.07 Å². The van der Waals surface area contributed by atoms with E-state index in [1.54, 1.807) is 43.3 Å². The molecule has 194 valence electrons. The van der Waals surface area contributed by atoms with Gasteiger partial charge >= 0.3 is 12.1 Å². The molecule has 37 heavy (non-hydrogen) atoms. The Morgan fingerprint density at radius 3 is 2.43 bits per heavy atom. The fourth-order valence-electron chi connectivity index (χ4n) is 4.12. The molecule has 0 bridgehead atoms. The Balaban J connectivity index is 1.75. The van der Waals surface area contributed by atoms with E-state index < -0.39 is 17.7 Å². The quantitative estimate of drug-likeness (QED) is 0.278. The van der Waals surface area contributed by atoms with Crippen molar-refractivity contribution in [1.82, 2.24) is 0 Å². The van der Waals surface area contributed by atoms with Gasteiger partial charge in [0.25, 0.3) is 0 Å². The lowest BCUT2D eigenvalue weighted by Gasteiger charge is -2.14. The first-order chi connectivity index (χ1) is 17.7. The van der Waals surface area contributed by atoms with E-state index in [0.717, 1.165) is 17.4 Å². The van der Waals surface area contributed by atoms with Crippen molar-refractivity contribution in [1.29, 1.82) is 0 Å². The molecule has 0 unspecified atom stereocenters. The Morgan fingerprint density at radius 1 is 0.973 bits per heavy atom. The van der Waals surface area contributed by atoms with Gasteiger partial charge in [0.1, 0.15) is 29.8 Å². The molecular weight excluding hydrogens is 485 g/mol. The van der Waals surface area contributed by atoms with Crippen LogP contribution in [0, 0.1) is 0 Å². The molecule has 0 saturated heterocycles. The zero-order valence-electron chi connectivity index (χ0n) is 20.2. The lowest BCUT2D eigenvalue weighted by atomic mass is 9.97. The summed E-state index contributed by atoms with van der Waals surface area (Å²) in [6.45, 7) is 2.46. The second kappa shape index (κ2) is 11.1. The normalized spacial score (nSPS) is 11.6. The van der Waals surface area contributed by atoms with Crippen LogP contribution >= 0.6 is 0 Å². The van der Waals surface area contributed by atoms with Gasteiger partial charge in [-0.15, -0.1) is 0 Å². The first-order valence-corrected chi connectivity index (χ1v) is 11.7. The van der Waals surface area contributed by atoms with E-state index in [-0.39, 0.29) is 43.7 Å². The average molecular weight is 513 g/mol. The SMILES string of the molecule is CCOC(=O)Cc1ccc(CN)cc1OCc1cc(-c2cccc(CN)c2)c2occ(C(F)(F)F)c2c1. The number of carbonyl (C=O) groups is 1. The predicted octanol–water partition coefficient (Wildman–Crippen LogP) is 5.72. The third-order valence-corrected chi connectivity index (χ3v) is 5.91. The molecule has 0 fully saturated rings. The highest BCUT2D eigenvalue weighted by atomic mass is 19.4. The number of carbonyl (C=O) groups excluding carboxylic acids is 1. The lowest BCUT2D eigenvalue weighted by molar-refractivity contribution is -0.142. The molecule has 0 aliphatic heterocycles. The van der Waals surface area contributed by atoms with Gasteiger partial charge in [-0.2, -0.15) is 13.2 Å². The summed E-state index contributed by atoms with van der Waals surface area (Å²) >= 11 is 0. The predicted molar refractivity (Wildman–Crippen MR) is 134 cm³/mol. The van der Waals surface area contributed by atoms with E-state index >= 15 is 0 Å². The molecule has 0 aliphatic carbocycles. The van der Waals surface area contributed by atoms with Crippen LogP contribution in [0.2, 0.25) is 0 Å². The number of rotatable bonds is 9. The monoisotopic (exact) mass is 512 g/mol. The van der Waals surface area contributed by atoms with E-state index in [9.17, 15) is 18.0 Å². The number of hydrogen-bond donors (Lipinski definition) is 2. The van der Waals surface area contributed by atoms with Gasteiger partial charge in [0.2, 0.25) is 0 Å². The van der Waals surface area contributed by atoms with E-state index in [4.69, 9.17) is 25.4 Å². The van der Waals surface area contributed by atoms with E-state index in [0.29, 0.717) is 28.0 Å². The fraction of sp³-hybridized carbons (Fsp3) is 0.250. The van der Waals surface area contributed by atoms with Crippen LogP contribution in [0.3, 0.4) is 0 Å². The van der Waals surface area contributed by atoms with Crippen molar-refractivity contribution in [3.63, 3.8) is 0 Å². The van der Waals surface area contributed by atoms with Crippen LogP contribution < -0.4 is 16.2 Å². The first kappa shape index (κ1) is 26.2. The molecule has 9 heteroatoms. The number of ether oxygens (including phenoxy) is 2. The standard InChI is InChI=1S/C28H27F3N2O4/c1-2-35-26(34)12-21-7-6-18(14-33)11-25(21)36-15-19-9-22(20-5-3-4-17(8-20)13-32)27-23(10-19)24(16-37-27)28(29,30)31/h3-11,16H,2,12-15,32-33H2,1H3. The molecule has 4 aromatic rings. The summed E-state index contributed by atoms with van der Waals surface area (Å²) in [6, 6.07) is 15.6. The fourth-order valence-corrected chi connectivity index (χ4v) is 4.12. The van der Waals surface area contributed by atoms with Crippen LogP contribution in [-0.2, 0) is 41.8 Å². The van der Waals surface area contributed by atoms with Crippen molar-refractivity contribution < 1.29 is 31.9 Å². The van der Waals surface area contributed by atoms with Crippen LogP contribution in [0.25, 0.3) is 22.1 Å². The van der Waals surface area contributed by atoms with Crippen molar-refractivity contribution in [3.8, 4) is 16.9 Å². The van der Waals surface area contributed by atoms with Gasteiger partial charge in [0.05, 0.1) is 13.0 Å². The molecule has 0 aliphatic rings. The van der Waals surface area contributed by atoms with Crippen molar-refractivity contribution in [2.45, 2.75) is 39.2 Å². The van der Waals surface area contributed by atoms with Gasteiger partial charge in [-0.25, -0.2) is 0 Å². The molecular formula is C28H27F3N2O4. The molecule has 0 radical (unpaired) electrons. The molecule has 0 amide bonds. The number of esters is 1. The second-order valence-corrected chi connectivity index (χ2v) is 8.49. The number of furan rings is 1. The molecule has 4 rings (SSSR count). The zero-order valence-corrected chi connectivity index (χ0v) is 20.2. The van der Waals surface area contributed by atoms with Crippen LogP contribution in [-0.4, -0.2) is 12.6 Å². The Kier molecular flexibility index (Phi) is 7.85. The van der Waals surface area contributed by atoms with Gasteiger partial charge < -0.3 is 25.4 Å². The highest BCUT2D eigenvalue weighted by molar-refractivity contribution is 5.95. The smallest absolute Gasteiger partial charge is 0.420 e. The maximum absolute atomic E-state index is 13.7. The third kappa shape index (κ3) is 5.95. The topological polar surface area (TPSA) is 101 Å². The summed E-state index contributed by atoms with van der Waals surface area (Å²) in [5.41, 5.74) is 14.7. The highest BCUT2D eigenvalue weighted by Crippen LogP contribution is 2.40. The van der Waals surface area contributed by atoms with Gasteiger partial charge in [-0.1, -0.05) is 30.3 Å². The van der Waals surface area contributed by atoms with Crippen molar-refractivity contribution in [2.75, 3.05) is 6.61 Å². The van der Waals surface area contributed by atoms with Gasteiger partial charge in [-0.3, -0.25) is 4.79 Å². The number of nitrogens with two attached hydrogens (primary N) is 2. The summed E-state index contributed by atoms with van der Waals surface area (Å²) in [4.78, 5) is 12.1. The Hall–Kier alpha value is -3.82. The van der Waals surface area contributed by atoms with Gasteiger partial charge in [-0.05, 0) is 53.4 Å².